The summed E-state index contributed by atoms with van der Waals surface area (Å²) in [6.45, 7) is 10.5. The minimum Gasteiger partial charge on any atom is -0.393 e. The van der Waals surface area contributed by atoms with Gasteiger partial charge in [0.05, 0.1) is 6.61 Å². The summed E-state index contributed by atoms with van der Waals surface area (Å²) in [7, 11) is 0. The highest BCUT2D eigenvalue weighted by atomic mass is 16.3. The van der Waals surface area contributed by atoms with Crippen LogP contribution in [-0.4, -0.2) is 45.5 Å². The first-order valence-electron chi connectivity index (χ1n) is 7.50. The second-order valence-corrected chi connectivity index (χ2v) is 5.99. The summed E-state index contributed by atoms with van der Waals surface area (Å²) >= 11 is 0. The van der Waals surface area contributed by atoms with Crippen LogP contribution in [0, 0.1) is 6.92 Å². The SMILES string of the molecule is CCCNc1nc(C(C)C)nc(NCC(C)(O)CO)c1C. The number of nitrogens with zero attached hydrogens (tertiary/aromatic N) is 2. The molecule has 1 aromatic rings. The number of rotatable bonds is 8. The van der Waals surface area contributed by atoms with Crippen molar-refractivity contribution in [1.29, 1.82) is 0 Å². The number of aromatic nitrogens is 2. The normalized spacial score (nSPS) is 14.1. The van der Waals surface area contributed by atoms with Crippen LogP contribution in [0.15, 0.2) is 0 Å². The summed E-state index contributed by atoms with van der Waals surface area (Å²) in [5.41, 5.74) is -0.256. The number of aliphatic hydroxyl groups excluding tert-OH is 1. The van der Waals surface area contributed by atoms with Crippen LogP contribution >= 0.6 is 0 Å². The van der Waals surface area contributed by atoms with Crippen LogP contribution < -0.4 is 10.6 Å². The molecule has 4 N–H and O–H groups in total. The Morgan fingerprint density at radius 3 is 2.24 bits per heavy atom. The van der Waals surface area contributed by atoms with E-state index in [-0.39, 0.29) is 19.1 Å². The molecule has 1 unspecified atom stereocenters. The molecule has 6 heteroatoms. The summed E-state index contributed by atoms with van der Waals surface area (Å²) in [5.74, 6) is 2.49. The predicted octanol–water partition coefficient (Wildman–Crippen LogP) is 1.89. The highest BCUT2D eigenvalue weighted by molar-refractivity contribution is 5.57. The molecule has 1 heterocycles. The first-order valence-corrected chi connectivity index (χ1v) is 7.50. The van der Waals surface area contributed by atoms with Crippen LogP contribution in [0.25, 0.3) is 0 Å². The van der Waals surface area contributed by atoms with Gasteiger partial charge in [-0.3, -0.25) is 0 Å². The molecule has 1 rings (SSSR count). The van der Waals surface area contributed by atoms with Crippen molar-refractivity contribution in [3.63, 3.8) is 0 Å². The number of hydrogen-bond acceptors (Lipinski definition) is 6. The van der Waals surface area contributed by atoms with Crippen LogP contribution in [0.2, 0.25) is 0 Å². The van der Waals surface area contributed by atoms with E-state index in [1.54, 1.807) is 6.92 Å². The van der Waals surface area contributed by atoms with Gasteiger partial charge in [-0.15, -0.1) is 0 Å². The summed E-state index contributed by atoms with van der Waals surface area (Å²) in [5, 5.41) is 25.4. The molecule has 0 saturated carbocycles. The molecular weight excluding hydrogens is 268 g/mol. The third-order valence-corrected chi connectivity index (χ3v) is 3.20. The van der Waals surface area contributed by atoms with E-state index >= 15 is 0 Å². The van der Waals surface area contributed by atoms with Gasteiger partial charge in [0.15, 0.2) is 0 Å². The molecule has 1 aromatic heterocycles. The fourth-order valence-corrected chi connectivity index (χ4v) is 1.71. The lowest BCUT2D eigenvalue weighted by atomic mass is 10.1. The van der Waals surface area contributed by atoms with Gasteiger partial charge >= 0.3 is 0 Å². The van der Waals surface area contributed by atoms with Gasteiger partial charge in [-0.2, -0.15) is 0 Å². The lowest BCUT2D eigenvalue weighted by Crippen LogP contribution is -2.37. The van der Waals surface area contributed by atoms with E-state index in [2.05, 4.69) is 27.5 Å². The van der Waals surface area contributed by atoms with Crippen LogP contribution in [0.3, 0.4) is 0 Å². The lowest BCUT2D eigenvalue weighted by Gasteiger charge is -2.23. The van der Waals surface area contributed by atoms with Gasteiger partial charge in [-0.25, -0.2) is 9.97 Å². The Balaban J connectivity index is 3.02. The van der Waals surface area contributed by atoms with Gasteiger partial charge in [-0.05, 0) is 20.3 Å². The Morgan fingerprint density at radius 1 is 1.19 bits per heavy atom. The average Bonchev–Trinajstić information content (AvgIpc) is 2.44. The lowest BCUT2D eigenvalue weighted by molar-refractivity contribution is 0.0131. The quantitative estimate of drug-likeness (QED) is 0.586. The van der Waals surface area contributed by atoms with Crippen molar-refractivity contribution >= 4 is 11.6 Å². The van der Waals surface area contributed by atoms with Crippen molar-refractivity contribution in [3.8, 4) is 0 Å². The number of aliphatic hydroxyl groups is 2. The maximum atomic E-state index is 9.89. The predicted molar refractivity (Wildman–Crippen MR) is 85.8 cm³/mol. The zero-order valence-electron chi connectivity index (χ0n) is 13.7. The Hall–Kier alpha value is -1.40. The maximum Gasteiger partial charge on any atom is 0.135 e. The fourth-order valence-electron chi connectivity index (χ4n) is 1.71. The standard InChI is InChI=1S/C15H28N4O2/c1-6-7-16-13-11(4)14(17-8-15(5,21)9-20)19-12(18-13)10(2)3/h10,20-21H,6-9H2,1-5H3,(H2,16,17,18,19). The molecule has 0 amide bonds. The van der Waals surface area contributed by atoms with E-state index in [4.69, 9.17) is 5.11 Å². The molecule has 0 saturated heterocycles. The molecule has 21 heavy (non-hydrogen) atoms. The van der Waals surface area contributed by atoms with Crippen molar-refractivity contribution in [2.45, 2.75) is 52.6 Å². The van der Waals surface area contributed by atoms with E-state index in [9.17, 15) is 5.11 Å². The molecule has 120 valence electrons. The molecule has 0 aliphatic rings. The minimum atomic E-state index is -1.17. The van der Waals surface area contributed by atoms with E-state index in [0.29, 0.717) is 5.82 Å². The topological polar surface area (TPSA) is 90.3 Å². The van der Waals surface area contributed by atoms with Crippen LogP contribution in [-0.2, 0) is 0 Å². The summed E-state index contributed by atoms with van der Waals surface area (Å²) < 4.78 is 0. The number of hydrogen-bond donors (Lipinski definition) is 4. The van der Waals surface area contributed by atoms with Crippen LogP contribution in [0.1, 0.15) is 51.4 Å². The molecule has 0 fully saturated rings. The second-order valence-electron chi connectivity index (χ2n) is 5.99. The summed E-state index contributed by atoms with van der Waals surface area (Å²) in [6.07, 6.45) is 1.02. The Labute approximate surface area is 127 Å². The van der Waals surface area contributed by atoms with Gasteiger partial charge < -0.3 is 20.8 Å². The molecule has 0 radical (unpaired) electrons. The van der Waals surface area contributed by atoms with Crippen molar-refractivity contribution < 1.29 is 10.2 Å². The summed E-state index contributed by atoms with van der Waals surface area (Å²) in [4.78, 5) is 9.08. The molecule has 0 aliphatic heterocycles. The maximum absolute atomic E-state index is 9.89. The summed E-state index contributed by atoms with van der Waals surface area (Å²) in [6, 6.07) is 0. The van der Waals surface area contributed by atoms with Crippen molar-refractivity contribution in [2.75, 3.05) is 30.3 Å². The highest BCUT2D eigenvalue weighted by Gasteiger charge is 2.20. The Kier molecular flexibility index (Phi) is 6.36. The Morgan fingerprint density at radius 2 is 1.76 bits per heavy atom. The van der Waals surface area contributed by atoms with E-state index < -0.39 is 5.60 Å². The van der Waals surface area contributed by atoms with Crippen LogP contribution in [0.5, 0.6) is 0 Å². The van der Waals surface area contributed by atoms with E-state index in [1.165, 1.54) is 0 Å². The average molecular weight is 296 g/mol. The first kappa shape index (κ1) is 17.7. The zero-order valence-corrected chi connectivity index (χ0v) is 13.7. The Bertz CT molecular complexity index is 461. The smallest absolute Gasteiger partial charge is 0.135 e. The van der Waals surface area contributed by atoms with Gasteiger partial charge in [0, 0.05) is 24.6 Å². The number of nitrogens with one attached hydrogen (secondary N) is 2. The highest BCUT2D eigenvalue weighted by Crippen LogP contribution is 2.23. The van der Waals surface area contributed by atoms with Gasteiger partial charge in [0.25, 0.3) is 0 Å². The largest absolute Gasteiger partial charge is 0.393 e. The van der Waals surface area contributed by atoms with Crippen LogP contribution in [0.4, 0.5) is 11.6 Å². The van der Waals surface area contributed by atoms with Gasteiger partial charge in [0.2, 0.25) is 0 Å². The third kappa shape index (κ3) is 5.13. The fraction of sp³-hybridized carbons (Fsp3) is 0.733. The molecule has 0 aromatic carbocycles. The zero-order chi connectivity index (χ0) is 16.0. The molecule has 0 spiro atoms. The molecule has 0 aliphatic carbocycles. The minimum absolute atomic E-state index is 0.215. The van der Waals surface area contributed by atoms with Crippen molar-refractivity contribution in [2.24, 2.45) is 0 Å². The third-order valence-electron chi connectivity index (χ3n) is 3.20. The van der Waals surface area contributed by atoms with E-state index in [1.807, 2.05) is 20.8 Å². The first-order chi connectivity index (χ1) is 9.80. The van der Waals surface area contributed by atoms with Crippen molar-refractivity contribution in [1.82, 2.24) is 9.97 Å². The van der Waals surface area contributed by atoms with Gasteiger partial charge in [0.1, 0.15) is 23.1 Å². The van der Waals surface area contributed by atoms with E-state index in [0.717, 1.165) is 30.2 Å². The molecule has 6 nitrogen and oxygen atoms in total. The monoisotopic (exact) mass is 296 g/mol. The second kappa shape index (κ2) is 7.56. The number of anilines is 2. The van der Waals surface area contributed by atoms with Gasteiger partial charge in [-0.1, -0.05) is 20.8 Å². The van der Waals surface area contributed by atoms with Crippen molar-refractivity contribution in [3.05, 3.63) is 11.4 Å². The molecule has 0 bridgehead atoms. The molecular formula is C15H28N4O2. The molecule has 1 atom stereocenters.